The molecule has 1 aromatic rings. The van der Waals surface area contributed by atoms with Gasteiger partial charge in [0.05, 0.1) is 5.56 Å². The maximum Gasteiger partial charge on any atom is 0.253 e. The lowest BCUT2D eigenvalue weighted by Crippen LogP contribution is -2.48. The standard InChI is InChI=1S/C17H27ClN4O/c1-3-19-16-6-5-14(18)13-15(16)17(23)20-7-8-22-11-9-21(4-2)10-12-22/h5-6,13,19H,3-4,7-12H2,1-2H3,(H,20,23). The van der Waals surface area contributed by atoms with E-state index >= 15 is 0 Å². The van der Waals surface area contributed by atoms with Crippen LogP contribution in [0.2, 0.25) is 5.02 Å². The summed E-state index contributed by atoms with van der Waals surface area (Å²) in [6, 6.07) is 5.36. The normalized spacial score (nSPS) is 16.3. The zero-order valence-electron chi connectivity index (χ0n) is 14.1. The number of rotatable bonds is 7. The Morgan fingerprint density at radius 1 is 1.17 bits per heavy atom. The second-order valence-corrected chi connectivity index (χ2v) is 6.19. The molecule has 6 heteroatoms. The topological polar surface area (TPSA) is 47.6 Å². The molecule has 1 aromatic carbocycles. The van der Waals surface area contributed by atoms with E-state index in [9.17, 15) is 4.79 Å². The molecular formula is C17H27ClN4O. The average molecular weight is 339 g/mol. The average Bonchev–Trinajstić information content (AvgIpc) is 2.57. The van der Waals surface area contributed by atoms with Crippen molar-refractivity contribution in [2.75, 3.05) is 57.7 Å². The molecule has 5 nitrogen and oxygen atoms in total. The lowest BCUT2D eigenvalue weighted by atomic mass is 10.1. The Morgan fingerprint density at radius 2 is 1.87 bits per heavy atom. The minimum atomic E-state index is -0.0735. The molecule has 0 aromatic heterocycles. The molecule has 0 radical (unpaired) electrons. The van der Waals surface area contributed by atoms with Crippen LogP contribution in [0, 0.1) is 0 Å². The van der Waals surface area contributed by atoms with Crippen molar-refractivity contribution in [3.05, 3.63) is 28.8 Å². The van der Waals surface area contributed by atoms with Crippen LogP contribution in [-0.2, 0) is 0 Å². The molecule has 1 aliphatic rings. The van der Waals surface area contributed by atoms with Gasteiger partial charge in [0.25, 0.3) is 5.91 Å². The summed E-state index contributed by atoms with van der Waals surface area (Å²) in [5.74, 6) is -0.0735. The first-order chi connectivity index (χ1) is 11.1. The Kier molecular flexibility index (Phi) is 7.15. The van der Waals surface area contributed by atoms with E-state index in [0.29, 0.717) is 17.1 Å². The van der Waals surface area contributed by atoms with Gasteiger partial charge < -0.3 is 15.5 Å². The van der Waals surface area contributed by atoms with Gasteiger partial charge in [0.1, 0.15) is 0 Å². The van der Waals surface area contributed by atoms with Crippen molar-refractivity contribution in [3.63, 3.8) is 0 Å². The molecule has 1 heterocycles. The molecule has 0 bridgehead atoms. The molecule has 0 spiro atoms. The minimum Gasteiger partial charge on any atom is -0.385 e. The third kappa shape index (κ3) is 5.37. The van der Waals surface area contributed by atoms with E-state index in [1.54, 1.807) is 12.1 Å². The Labute approximate surface area is 144 Å². The Balaban J connectivity index is 1.82. The number of hydrogen-bond donors (Lipinski definition) is 2. The first-order valence-corrected chi connectivity index (χ1v) is 8.78. The van der Waals surface area contributed by atoms with Crippen LogP contribution in [-0.4, -0.2) is 68.1 Å². The summed E-state index contributed by atoms with van der Waals surface area (Å²) in [4.78, 5) is 17.2. The van der Waals surface area contributed by atoms with Crippen molar-refractivity contribution < 1.29 is 4.79 Å². The SMILES string of the molecule is CCNc1ccc(Cl)cc1C(=O)NCCN1CCN(CC)CC1. The predicted molar refractivity (Wildman–Crippen MR) is 96.5 cm³/mol. The molecule has 0 unspecified atom stereocenters. The molecule has 1 fully saturated rings. The van der Waals surface area contributed by atoms with Gasteiger partial charge in [-0.15, -0.1) is 0 Å². The van der Waals surface area contributed by atoms with Crippen molar-refractivity contribution in [2.45, 2.75) is 13.8 Å². The molecule has 0 atom stereocenters. The lowest BCUT2D eigenvalue weighted by Gasteiger charge is -2.33. The molecule has 128 valence electrons. The number of hydrogen-bond acceptors (Lipinski definition) is 4. The number of benzene rings is 1. The zero-order valence-corrected chi connectivity index (χ0v) is 14.8. The maximum atomic E-state index is 12.4. The Bertz CT molecular complexity index is 515. The van der Waals surface area contributed by atoms with Gasteiger partial charge in [-0.25, -0.2) is 0 Å². The first kappa shape index (κ1) is 18.0. The highest BCUT2D eigenvalue weighted by Crippen LogP contribution is 2.20. The molecule has 1 saturated heterocycles. The summed E-state index contributed by atoms with van der Waals surface area (Å²) in [5, 5.41) is 6.78. The number of nitrogens with zero attached hydrogens (tertiary/aromatic N) is 2. The van der Waals surface area contributed by atoms with E-state index in [4.69, 9.17) is 11.6 Å². The molecule has 1 amide bonds. The summed E-state index contributed by atoms with van der Waals surface area (Å²) >= 11 is 6.02. The van der Waals surface area contributed by atoms with Crippen LogP contribution in [0.15, 0.2) is 18.2 Å². The fourth-order valence-electron chi connectivity index (χ4n) is 2.80. The summed E-state index contributed by atoms with van der Waals surface area (Å²) in [7, 11) is 0. The van der Waals surface area contributed by atoms with Crippen molar-refractivity contribution in [3.8, 4) is 0 Å². The van der Waals surface area contributed by atoms with E-state index in [1.165, 1.54) is 0 Å². The number of anilines is 1. The number of nitrogens with one attached hydrogen (secondary N) is 2. The van der Waals surface area contributed by atoms with Crippen molar-refractivity contribution in [2.24, 2.45) is 0 Å². The fourth-order valence-corrected chi connectivity index (χ4v) is 2.97. The van der Waals surface area contributed by atoms with Gasteiger partial charge >= 0.3 is 0 Å². The number of likely N-dealkylation sites (N-methyl/N-ethyl adjacent to an activating group) is 1. The number of carbonyl (C=O) groups excluding carboxylic acids is 1. The number of halogens is 1. The largest absolute Gasteiger partial charge is 0.385 e. The predicted octanol–water partition coefficient (Wildman–Crippen LogP) is 2.14. The highest BCUT2D eigenvalue weighted by Gasteiger charge is 2.16. The van der Waals surface area contributed by atoms with Crippen LogP contribution in [0.5, 0.6) is 0 Å². The fraction of sp³-hybridized carbons (Fsp3) is 0.588. The van der Waals surface area contributed by atoms with Crippen LogP contribution >= 0.6 is 11.6 Å². The molecule has 1 aliphatic heterocycles. The number of piperazine rings is 1. The summed E-state index contributed by atoms with van der Waals surface area (Å²) in [5.41, 5.74) is 1.43. The van der Waals surface area contributed by atoms with Gasteiger partial charge in [-0.05, 0) is 31.7 Å². The first-order valence-electron chi connectivity index (χ1n) is 8.40. The summed E-state index contributed by atoms with van der Waals surface area (Å²) in [6.45, 7) is 12.0. The number of carbonyl (C=O) groups is 1. The van der Waals surface area contributed by atoms with Gasteiger partial charge in [0.15, 0.2) is 0 Å². The monoisotopic (exact) mass is 338 g/mol. The van der Waals surface area contributed by atoms with E-state index in [0.717, 1.165) is 51.5 Å². The van der Waals surface area contributed by atoms with E-state index in [2.05, 4.69) is 27.4 Å². The maximum absolute atomic E-state index is 12.4. The second kappa shape index (κ2) is 9.11. The van der Waals surface area contributed by atoms with Crippen molar-refractivity contribution >= 4 is 23.2 Å². The van der Waals surface area contributed by atoms with Gasteiger partial charge in [0, 0.05) is 56.5 Å². The summed E-state index contributed by atoms with van der Waals surface area (Å²) < 4.78 is 0. The van der Waals surface area contributed by atoms with Crippen molar-refractivity contribution in [1.82, 2.24) is 15.1 Å². The molecule has 23 heavy (non-hydrogen) atoms. The zero-order chi connectivity index (χ0) is 16.7. The van der Waals surface area contributed by atoms with E-state index in [1.807, 2.05) is 13.0 Å². The van der Waals surface area contributed by atoms with Crippen molar-refractivity contribution in [1.29, 1.82) is 0 Å². The van der Waals surface area contributed by atoms with Crippen LogP contribution in [0.1, 0.15) is 24.2 Å². The third-order valence-electron chi connectivity index (χ3n) is 4.22. The lowest BCUT2D eigenvalue weighted by molar-refractivity contribution is 0.0938. The highest BCUT2D eigenvalue weighted by atomic mass is 35.5. The second-order valence-electron chi connectivity index (χ2n) is 5.75. The third-order valence-corrected chi connectivity index (χ3v) is 4.45. The van der Waals surface area contributed by atoms with Gasteiger partial charge in [-0.3, -0.25) is 9.69 Å². The molecular weight excluding hydrogens is 312 g/mol. The Hall–Kier alpha value is -1.30. The van der Waals surface area contributed by atoms with Crippen LogP contribution in [0.25, 0.3) is 0 Å². The van der Waals surface area contributed by atoms with Gasteiger partial charge in [-0.2, -0.15) is 0 Å². The smallest absolute Gasteiger partial charge is 0.253 e. The Morgan fingerprint density at radius 3 is 2.52 bits per heavy atom. The van der Waals surface area contributed by atoms with E-state index in [-0.39, 0.29) is 5.91 Å². The number of amides is 1. The van der Waals surface area contributed by atoms with Crippen LogP contribution in [0.4, 0.5) is 5.69 Å². The van der Waals surface area contributed by atoms with Gasteiger partial charge in [0.2, 0.25) is 0 Å². The molecule has 2 N–H and O–H groups in total. The quantitative estimate of drug-likeness (QED) is 0.799. The summed E-state index contributed by atoms with van der Waals surface area (Å²) in [6.07, 6.45) is 0. The van der Waals surface area contributed by atoms with Crippen LogP contribution < -0.4 is 10.6 Å². The molecule has 0 saturated carbocycles. The highest BCUT2D eigenvalue weighted by molar-refractivity contribution is 6.31. The van der Waals surface area contributed by atoms with E-state index < -0.39 is 0 Å². The van der Waals surface area contributed by atoms with Gasteiger partial charge in [-0.1, -0.05) is 18.5 Å². The molecule has 0 aliphatic carbocycles. The van der Waals surface area contributed by atoms with Crippen LogP contribution in [0.3, 0.4) is 0 Å². The minimum absolute atomic E-state index is 0.0735. The molecule has 2 rings (SSSR count).